The number of nitrogens with one attached hydrogen (secondary N) is 2. The molecule has 2 aromatic rings. The molecular formula is C16H13F3N4O. The number of carbonyl (C=O) groups is 1. The van der Waals surface area contributed by atoms with Crippen LogP contribution < -0.4 is 10.7 Å². The smallest absolute Gasteiger partial charge is 0.325 e. The molecule has 1 aliphatic heterocycles. The summed E-state index contributed by atoms with van der Waals surface area (Å²) in [4.78, 5) is 15.7. The number of carbonyl (C=O) groups excluding carboxylic acids is 1. The number of hydrogen-bond acceptors (Lipinski definition) is 4. The number of aromatic nitrogens is 1. The maximum absolute atomic E-state index is 12.5. The number of benzene rings is 1. The molecule has 1 aromatic carbocycles. The molecule has 0 bridgehead atoms. The van der Waals surface area contributed by atoms with Gasteiger partial charge >= 0.3 is 6.18 Å². The summed E-state index contributed by atoms with van der Waals surface area (Å²) in [7, 11) is 0. The Morgan fingerprint density at radius 3 is 2.58 bits per heavy atom. The Hall–Kier alpha value is -2.90. The third-order valence-corrected chi connectivity index (χ3v) is 3.53. The van der Waals surface area contributed by atoms with E-state index in [1.807, 2.05) is 0 Å². The molecule has 1 aromatic heterocycles. The zero-order chi connectivity index (χ0) is 17.2. The molecule has 0 spiro atoms. The molecule has 0 saturated carbocycles. The quantitative estimate of drug-likeness (QED) is 0.824. The third kappa shape index (κ3) is 3.53. The molecule has 124 valence electrons. The molecule has 2 heterocycles. The number of hydrazone groups is 1. The van der Waals surface area contributed by atoms with E-state index in [0.29, 0.717) is 29.1 Å². The van der Waals surface area contributed by atoms with Crippen LogP contribution in [0.25, 0.3) is 0 Å². The van der Waals surface area contributed by atoms with Gasteiger partial charge in [-0.3, -0.25) is 15.2 Å². The number of fused-ring (bicyclic) bond motifs is 1. The van der Waals surface area contributed by atoms with Crippen molar-refractivity contribution in [2.75, 3.05) is 10.7 Å². The van der Waals surface area contributed by atoms with E-state index >= 15 is 0 Å². The van der Waals surface area contributed by atoms with Crippen molar-refractivity contribution >= 4 is 23.0 Å². The number of pyridine rings is 1. The monoisotopic (exact) mass is 334 g/mol. The lowest BCUT2D eigenvalue weighted by atomic mass is 10.1. The minimum atomic E-state index is -4.37. The first-order valence-corrected chi connectivity index (χ1v) is 7.17. The van der Waals surface area contributed by atoms with E-state index in [1.54, 1.807) is 18.5 Å². The summed E-state index contributed by atoms with van der Waals surface area (Å²) in [5, 5.41) is 7.00. The molecule has 1 aliphatic rings. The Bertz CT molecular complexity index is 785. The van der Waals surface area contributed by atoms with Crippen molar-refractivity contribution in [2.24, 2.45) is 5.10 Å². The van der Waals surface area contributed by atoms with Crippen LogP contribution in [0.2, 0.25) is 0 Å². The zero-order valence-electron chi connectivity index (χ0n) is 12.4. The lowest BCUT2D eigenvalue weighted by Crippen LogP contribution is -2.09. The van der Waals surface area contributed by atoms with Gasteiger partial charge in [0.25, 0.3) is 0 Å². The summed E-state index contributed by atoms with van der Waals surface area (Å²) < 4.78 is 37.6. The Labute approximate surface area is 135 Å². The Kier molecular flexibility index (Phi) is 4.20. The van der Waals surface area contributed by atoms with Crippen molar-refractivity contribution in [3.05, 3.63) is 53.9 Å². The molecule has 0 radical (unpaired) electrons. The summed E-state index contributed by atoms with van der Waals surface area (Å²) in [6.45, 7) is 0. The fraction of sp³-hybridized carbons (Fsp3) is 0.188. The first kappa shape index (κ1) is 16.0. The van der Waals surface area contributed by atoms with E-state index in [0.717, 1.165) is 12.1 Å². The average Bonchev–Trinajstić information content (AvgIpc) is 2.71. The van der Waals surface area contributed by atoms with Gasteiger partial charge in [-0.05, 0) is 30.3 Å². The number of rotatable bonds is 2. The molecule has 5 nitrogen and oxygen atoms in total. The summed E-state index contributed by atoms with van der Waals surface area (Å²) in [5.41, 5.74) is 4.33. The minimum absolute atomic E-state index is 0.123. The van der Waals surface area contributed by atoms with Gasteiger partial charge in [-0.1, -0.05) is 0 Å². The molecule has 0 unspecified atom stereocenters. The third-order valence-electron chi connectivity index (χ3n) is 3.53. The highest BCUT2D eigenvalue weighted by molar-refractivity contribution is 6.11. The van der Waals surface area contributed by atoms with E-state index in [-0.39, 0.29) is 12.3 Å². The Morgan fingerprint density at radius 1 is 1.12 bits per heavy atom. The van der Waals surface area contributed by atoms with Crippen LogP contribution in [-0.2, 0) is 11.0 Å². The molecule has 0 atom stereocenters. The van der Waals surface area contributed by atoms with Gasteiger partial charge in [-0.15, -0.1) is 0 Å². The van der Waals surface area contributed by atoms with Crippen LogP contribution in [0.1, 0.15) is 24.0 Å². The van der Waals surface area contributed by atoms with Crippen molar-refractivity contribution in [3.63, 3.8) is 0 Å². The van der Waals surface area contributed by atoms with E-state index in [9.17, 15) is 18.0 Å². The lowest BCUT2D eigenvalue weighted by molar-refractivity contribution is -0.137. The van der Waals surface area contributed by atoms with Crippen molar-refractivity contribution < 1.29 is 18.0 Å². The number of hydrogen-bond donors (Lipinski definition) is 2. The predicted octanol–water partition coefficient (Wildman–Crippen LogP) is 3.65. The first-order valence-electron chi connectivity index (χ1n) is 7.17. The first-order chi connectivity index (χ1) is 11.4. The zero-order valence-corrected chi connectivity index (χ0v) is 12.4. The number of anilines is 2. The number of halogens is 3. The van der Waals surface area contributed by atoms with Crippen LogP contribution in [0.5, 0.6) is 0 Å². The average molecular weight is 334 g/mol. The standard InChI is InChI=1S/C16H13F3N4O/c17-16(18,19)10-1-3-11(4-2-10)22-23-14-5-6-15(24)21-13-7-8-20-9-12(13)14/h1-4,7-9,22H,5-6H2,(H,21,24)/b23-14+. The van der Waals surface area contributed by atoms with Crippen molar-refractivity contribution in [2.45, 2.75) is 19.0 Å². The van der Waals surface area contributed by atoms with Crippen LogP contribution in [-0.4, -0.2) is 16.6 Å². The molecule has 24 heavy (non-hydrogen) atoms. The van der Waals surface area contributed by atoms with E-state index in [2.05, 4.69) is 20.8 Å². The van der Waals surface area contributed by atoms with Crippen LogP contribution in [0, 0.1) is 0 Å². The normalized spacial score (nSPS) is 16.3. The summed E-state index contributed by atoms with van der Waals surface area (Å²) in [6, 6.07) is 6.24. The van der Waals surface area contributed by atoms with Gasteiger partial charge in [0, 0.05) is 30.8 Å². The summed E-state index contributed by atoms with van der Waals surface area (Å²) in [5.74, 6) is -0.123. The second-order valence-electron chi connectivity index (χ2n) is 5.21. The van der Waals surface area contributed by atoms with Gasteiger partial charge in [0.1, 0.15) is 0 Å². The molecule has 1 amide bonds. The maximum atomic E-state index is 12.5. The molecule has 0 saturated heterocycles. The number of amides is 1. The second-order valence-corrected chi connectivity index (χ2v) is 5.21. The highest BCUT2D eigenvalue weighted by Gasteiger charge is 2.29. The highest BCUT2D eigenvalue weighted by atomic mass is 19.4. The molecule has 0 aliphatic carbocycles. The molecule has 2 N–H and O–H groups in total. The SMILES string of the molecule is O=C1CC/C(=N\Nc2ccc(C(F)(F)F)cc2)c2cnccc2N1. The van der Waals surface area contributed by atoms with E-state index < -0.39 is 11.7 Å². The second kappa shape index (κ2) is 6.31. The Morgan fingerprint density at radius 2 is 1.88 bits per heavy atom. The predicted molar refractivity (Wildman–Crippen MR) is 83.7 cm³/mol. The largest absolute Gasteiger partial charge is 0.416 e. The lowest BCUT2D eigenvalue weighted by Gasteiger charge is -2.09. The van der Waals surface area contributed by atoms with Crippen LogP contribution >= 0.6 is 0 Å². The van der Waals surface area contributed by atoms with Crippen LogP contribution in [0.15, 0.2) is 47.8 Å². The van der Waals surface area contributed by atoms with Gasteiger partial charge < -0.3 is 5.32 Å². The van der Waals surface area contributed by atoms with Gasteiger partial charge in [0.05, 0.1) is 22.6 Å². The topological polar surface area (TPSA) is 66.4 Å². The Balaban J connectivity index is 1.83. The van der Waals surface area contributed by atoms with Crippen LogP contribution in [0.3, 0.4) is 0 Å². The van der Waals surface area contributed by atoms with Gasteiger partial charge in [0.2, 0.25) is 5.91 Å². The fourth-order valence-electron chi connectivity index (χ4n) is 2.29. The van der Waals surface area contributed by atoms with Gasteiger partial charge in [-0.25, -0.2) is 0 Å². The van der Waals surface area contributed by atoms with Crippen molar-refractivity contribution in [3.8, 4) is 0 Å². The van der Waals surface area contributed by atoms with Crippen LogP contribution in [0.4, 0.5) is 24.5 Å². The molecule has 8 heteroatoms. The summed E-state index contributed by atoms with van der Waals surface area (Å²) in [6.07, 6.45) is -0.553. The van der Waals surface area contributed by atoms with E-state index in [4.69, 9.17) is 0 Å². The van der Waals surface area contributed by atoms with Gasteiger partial charge in [-0.2, -0.15) is 18.3 Å². The van der Waals surface area contributed by atoms with E-state index in [1.165, 1.54) is 12.1 Å². The van der Waals surface area contributed by atoms with Crippen molar-refractivity contribution in [1.82, 2.24) is 4.98 Å². The molecular weight excluding hydrogens is 321 g/mol. The minimum Gasteiger partial charge on any atom is -0.325 e. The fourth-order valence-corrected chi connectivity index (χ4v) is 2.29. The molecule has 3 rings (SSSR count). The molecule has 0 fully saturated rings. The number of alkyl halides is 3. The summed E-state index contributed by atoms with van der Waals surface area (Å²) >= 11 is 0. The van der Waals surface area contributed by atoms with Gasteiger partial charge in [0.15, 0.2) is 0 Å². The maximum Gasteiger partial charge on any atom is 0.416 e. The highest BCUT2D eigenvalue weighted by Crippen LogP contribution is 2.30. The number of nitrogens with zero attached hydrogens (tertiary/aromatic N) is 2. The van der Waals surface area contributed by atoms with Crippen molar-refractivity contribution in [1.29, 1.82) is 0 Å².